The van der Waals surface area contributed by atoms with Gasteiger partial charge in [0.2, 0.25) is 5.78 Å². The monoisotopic (exact) mass is 224 g/mol. The van der Waals surface area contributed by atoms with E-state index in [0.717, 1.165) is 6.26 Å². The van der Waals surface area contributed by atoms with Crippen LogP contribution in [0.1, 0.15) is 26.5 Å². The van der Waals surface area contributed by atoms with Gasteiger partial charge in [-0.25, -0.2) is 4.79 Å². The summed E-state index contributed by atoms with van der Waals surface area (Å²) in [5.41, 5.74) is -0.960. The summed E-state index contributed by atoms with van der Waals surface area (Å²) in [6.07, 6.45) is 1.08. The first-order chi connectivity index (χ1) is 7.64. The second kappa shape index (κ2) is 2.93. The van der Waals surface area contributed by atoms with Crippen LogP contribution >= 0.6 is 0 Å². The van der Waals surface area contributed by atoms with E-state index < -0.39 is 11.6 Å². The molecule has 0 unspecified atom stereocenters. The molecule has 6 nitrogen and oxygen atoms in total. The molecule has 0 saturated carbocycles. The van der Waals surface area contributed by atoms with Crippen LogP contribution in [-0.4, -0.2) is 35.7 Å². The van der Waals surface area contributed by atoms with E-state index in [1.807, 2.05) is 0 Å². The summed E-state index contributed by atoms with van der Waals surface area (Å²) < 4.78 is 15.3. The van der Waals surface area contributed by atoms with E-state index in [1.54, 1.807) is 0 Å². The molecule has 1 aromatic heterocycles. The molecular weight excluding hydrogens is 216 g/mol. The first kappa shape index (κ1) is 9.56. The number of carboxylic acid groups (broad SMARTS) is 1. The molecule has 1 N–H and O–H groups in total. The van der Waals surface area contributed by atoms with Gasteiger partial charge >= 0.3 is 5.97 Å². The van der Waals surface area contributed by atoms with E-state index in [0.29, 0.717) is 0 Å². The summed E-state index contributed by atoms with van der Waals surface area (Å²) in [6, 6.07) is 0. The van der Waals surface area contributed by atoms with Gasteiger partial charge in [0.05, 0.1) is 18.8 Å². The molecule has 1 saturated heterocycles. The summed E-state index contributed by atoms with van der Waals surface area (Å²) in [5.74, 6) is -1.25. The van der Waals surface area contributed by atoms with Crippen LogP contribution in [0, 0.1) is 0 Å². The number of aromatic carboxylic acids is 1. The number of carbonyl (C=O) groups is 2. The molecule has 0 atom stereocenters. The Labute approximate surface area is 89.7 Å². The molecule has 6 heteroatoms. The number of hydrogen-bond acceptors (Lipinski definition) is 5. The van der Waals surface area contributed by atoms with Crippen LogP contribution in [0.4, 0.5) is 0 Å². The van der Waals surface area contributed by atoms with Crippen molar-refractivity contribution in [3.05, 3.63) is 23.2 Å². The highest BCUT2D eigenvalue weighted by atomic mass is 16.6. The lowest BCUT2D eigenvalue weighted by Crippen LogP contribution is -2.59. The molecule has 1 fully saturated rings. The molecule has 0 aromatic carbocycles. The van der Waals surface area contributed by atoms with E-state index in [9.17, 15) is 9.59 Å². The van der Waals surface area contributed by atoms with Crippen molar-refractivity contribution in [3.63, 3.8) is 0 Å². The summed E-state index contributed by atoms with van der Waals surface area (Å²) >= 11 is 0. The Bertz CT molecular complexity index is 481. The highest BCUT2D eigenvalue weighted by molar-refractivity contribution is 6.11. The van der Waals surface area contributed by atoms with Gasteiger partial charge in [0, 0.05) is 0 Å². The van der Waals surface area contributed by atoms with Crippen LogP contribution in [-0.2, 0) is 16.1 Å². The lowest BCUT2D eigenvalue weighted by Gasteiger charge is -2.41. The van der Waals surface area contributed by atoms with Crippen LogP contribution in [0.15, 0.2) is 10.7 Å². The number of fused-ring (bicyclic) bond motifs is 1. The molecule has 3 heterocycles. The minimum Gasteiger partial charge on any atom is -0.478 e. The first-order valence-electron chi connectivity index (χ1n) is 4.74. The molecule has 0 amide bonds. The Morgan fingerprint density at radius 3 is 2.75 bits per heavy atom. The number of carboxylic acids is 1. The Kier molecular flexibility index (Phi) is 1.75. The van der Waals surface area contributed by atoms with Crippen LogP contribution in [0.2, 0.25) is 0 Å². The zero-order valence-electron chi connectivity index (χ0n) is 8.19. The molecule has 2 aliphatic rings. The van der Waals surface area contributed by atoms with Crippen molar-refractivity contribution >= 4 is 11.8 Å². The molecule has 0 radical (unpaired) electrons. The molecule has 3 rings (SSSR count). The van der Waals surface area contributed by atoms with Crippen molar-refractivity contribution in [2.75, 3.05) is 13.2 Å². The van der Waals surface area contributed by atoms with Crippen molar-refractivity contribution < 1.29 is 28.6 Å². The zero-order valence-corrected chi connectivity index (χ0v) is 8.19. The smallest absolute Gasteiger partial charge is 0.339 e. The third kappa shape index (κ3) is 1.03. The molecule has 0 bridgehead atoms. The molecule has 1 aromatic rings. The predicted octanol–water partition coefficient (Wildman–Crippen LogP) is 0.460. The van der Waals surface area contributed by atoms with Crippen molar-refractivity contribution in [3.8, 4) is 0 Å². The summed E-state index contributed by atoms with van der Waals surface area (Å²) in [6.45, 7) is 0.461. The molecule has 16 heavy (non-hydrogen) atoms. The van der Waals surface area contributed by atoms with E-state index in [-0.39, 0.29) is 42.5 Å². The Morgan fingerprint density at radius 1 is 1.44 bits per heavy atom. The fourth-order valence-corrected chi connectivity index (χ4v) is 1.91. The second-order valence-electron chi connectivity index (χ2n) is 3.86. The summed E-state index contributed by atoms with van der Waals surface area (Å²) in [4.78, 5) is 23.0. The largest absolute Gasteiger partial charge is 0.478 e. The number of Topliss-reactive ketones (excluding diaryl/α,β-unsaturated/α-hetero) is 1. The van der Waals surface area contributed by atoms with Crippen LogP contribution < -0.4 is 0 Å². The topological polar surface area (TPSA) is 86.0 Å². The molecule has 2 aliphatic heterocycles. The Balaban J connectivity index is 2.11. The quantitative estimate of drug-likeness (QED) is 0.745. The Morgan fingerprint density at radius 2 is 2.19 bits per heavy atom. The van der Waals surface area contributed by atoms with Gasteiger partial charge in [-0.3, -0.25) is 4.79 Å². The van der Waals surface area contributed by atoms with Crippen molar-refractivity contribution in [2.45, 2.75) is 12.2 Å². The average Bonchev–Trinajstić information content (AvgIpc) is 2.60. The van der Waals surface area contributed by atoms with Gasteiger partial charge in [-0.1, -0.05) is 0 Å². The number of furan rings is 1. The van der Waals surface area contributed by atoms with E-state index in [4.69, 9.17) is 19.0 Å². The maximum Gasteiger partial charge on any atom is 0.339 e. The molecular formula is C10H8O6. The fraction of sp³-hybridized carbons (Fsp3) is 0.400. The third-order valence-corrected chi connectivity index (χ3v) is 2.89. The molecule has 0 aliphatic carbocycles. The van der Waals surface area contributed by atoms with Gasteiger partial charge in [0.15, 0.2) is 5.60 Å². The van der Waals surface area contributed by atoms with Crippen molar-refractivity contribution in [1.82, 2.24) is 0 Å². The van der Waals surface area contributed by atoms with E-state index >= 15 is 0 Å². The van der Waals surface area contributed by atoms with Crippen LogP contribution in [0.25, 0.3) is 0 Å². The lowest BCUT2D eigenvalue weighted by molar-refractivity contribution is -0.191. The predicted molar refractivity (Wildman–Crippen MR) is 48.3 cm³/mol. The van der Waals surface area contributed by atoms with Gasteiger partial charge in [-0.2, -0.15) is 0 Å². The lowest BCUT2D eigenvalue weighted by atomic mass is 9.87. The standard InChI is InChI=1S/C10H8O6/c11-8-7-5(9(12)13)1-15-6(7)2-16-10(8)3-14-4-10/h1H,2-4H2,(H,12,13). The number of hydrogen-bond donors (Lipinski definition) is 1. The first-order valence-corrected chi connectivity index (χ1v) is 4.74. The molecule has 1 spiro atoms. The van der Waals surface area contributed by atoms with E-state index in [2.05, 4.69) is 0 Å². The Hall–Kier alpha value is -1.66. The summed E-state index contributed by atoms with van der Waals surface area (Å²) in [5, 5.41) is 8.92. The minimum atomic E-state index is -1.17. The minimum absolute atomic E-state index is 0.102. The number of rotatable bonds is 1. The van der Waals surface area contributed by atoms with Gasteiger partial charge < -0.3 is 19.0 Å². The SMILES string of the molecule is O=C(O)c1coc2c1C(=O)C1(COC1)OC2. The normalized spacial score (nSPS) is 21.6. The van der Waals surface area contributed by atoms with Gasteiger partial charge in [0.25, 0.3) is 0 Å². The van der Waals surface area contributed by atoms with Gasteiger partial charge in [-0.05, 0) is 0 Å². The van der Waals surface area contributed by atoms with Crippen molar-refractivity contribution in [2.24, 2.45) is 0 Å². The third-order valence-electron chi connectivity index (χ3n) is 2.89. The number of ether oxygens (including phenoxy) is 2. The summed E-state index contributed by atoms with van der Waals surface area (Å²) in [7, 11) is 0. The maximum absolute atomic E-state index is 12.1. The second-order valence-corrected chi connectivity index (χ2v) is 3.86. The van der Waals surface area contributed by atoms with Gasteiger partial charge in [0.1, 0.15) is 24.2 Å². The fourth-order valence-electron chi connectivity index (χ4n) is 1.91. The highest BCUT2D eigenvalue weighted by Crippen LogP contribution is 2.36. The van der Waals surface area contributed by atoms with Gasteiger partial charge in [-0.15, -0.1) is 0 Å². The highest BCUT2D eigenvalue weighted by Gasteiger charge is 2.52. The number of ketones is 1. The average molecular weight is 224 g/mol. The number of carbonyl (C=O) groups excluding carboxylic acids is 1. The molecule has 84 valence electrons. The van der Waals surface area contributed by atoms with E-state index in [1.165, 1.54) is 0 Å². The van der Waals surface area contributed by atoms with Crippen LogP contribution in [0.3, 0.4) is 0 Å². The van der Waals surface area contributed by atoms with Crippen molar-refractivity contribution in [1.29, 1.82) is 0 Å². The van der Waals surface area contributed by atoms with Crippen LogP contribution in [0.5, 0.6) is 0 Å². The maximum atomic E-state index is 12.1. The zero-order chi connectivity index (χ0) is 11.3.